The summed E-state index contributed by atoms with van der Waals surface area (Å²) in [5, 5.41) is 2.38. The third-order valence-electron chi connectivity index (χ3n) is 6.31. The molecule has 1 aromatic carbocycles. The molecule has 130 valence electrons. The number of rotatable bonds is 4. The van der Waals surface area contributed by atoms with E-state index in [-0.39, 0.29) is 11.2 Å². The van der Waals surface area contributed by atoms with Gasteiger partial charge >= 0.3 is 0 Å². The molecule has 0 radical (unpaired) electrons. The minimum atomic E-state index is -0.179. The average Bonchev–Trinajstić information content (AvgIpc) is 3.20. The average molecular weight is 330 g/mol. The molecule has 2 aliphatic carbocycles. The molecular formula is C20H27FN2O. The zero-order valence-corrected chi connectivity index (χ0v) is 14.6. The van der Waals surface area contributed by atoms with Crippen LogP contribution in [0, 0.1) is 17.7 Å². The minimum absolute atomic E-state index is 0.0276. The first kappa shape index (κ1) is 16.1. The second-order valence-electron chi connectivity index (χ2n) is 7.91. The number of halogens is 1. The predicted octanol–water partition coefficient (Wildman–Crippen LogP) is 3.66. The molecule has 0 aromatic heterocycles. The molecule has 4 heteroatoms. The lowest BCUT2D eigenvalue weighted by molar-refractivity contribution is 0.0867. The normalized spacial score (nSPS) is 31.5. The number of hydrogen-bond acceptors (Lipinski definition) is 3. The van der Waals surface area contributed by atoms with Crippen LogP contribution in [0.15, 0.2) is 30.4 Å². The summed E-state index contributed by atoms with van der Waals surface area (Å²) >= 11 is 0. The summed E-state index contributed by atoms with van der Waals surface area (Å²) in [7, 11) is 1.67. The van der Waals surface area contributed by atoms with Crippen molar-refractivity contribution in [2.24, 2.45) is 11.8 Å². The van der Waals surface area contributed by atoms with E-state index in [1.54, 1.807) is 19.2 Å². The molecule has 1 heterocycles. The summed E-state index contributed by atoms with van der Waals surface area (Å²) in [6.07, 6.45) is 9.38. The Hall–Kier alpha value is -1.39. The summed E-state index contributed by atoms with van der Waals surface area (Å²) in [5.74, 6) is 2.13. The second kappa shape index (κ2) is 6.16. The van der Waals surface area contributed by atoms with E-state index in [4.69, 9.17) is 4.74 Å². The molecule has 2 bridgehead atoms. The number of fused-ring (bicyclic) bond motifs is 2. The van der Waals surface area contributed by atoms with Gasteiger partial charge in [-0.15, -0.1) is 0 Å². The molecule has 0 unspecified atom stereocenters. The molecule has 1 saturated carbocycles. The molecule has 3 nitrogen and oxygen atoms in total. The van der Waals surface area contributed by atoms with Crippen LogP contribution in [0.5, 0.6) is 5.75 Å². The summed E-state index contributed by atoms with van der Waals surface area (Å²) < 4.78 is 19.2. The highest BCUT2D eigenvalue weighted by molar-refractivity contribution is 5.40. The van der Waals surface area contributed by atoms with Gasteiger partial charge in [-0.3, -0.25) is 5.43 Å². The Labute approximate surface area is 143 Å². The predicted molar refractivity (Wildman–Crippen MR) is 93.4 cm³/mol. The fourth-order valence-electron chi connectivity index (χ4n) is 4.71. The van der Waals surface area contributed by atoms with E-state index in [1.165, 1.54) is 18.9 Å². The molecule has 3 aliphatic rings. The number of nitrogens with zero attached hydrogens (tertiary/aromatic N) is 1. The van der Waals surface area contributed by atoms with Crippen molar-refractivity contribution in [1.29, 1.82) is 0 Å². The number of benzene rings is 1. The second-order valence-corrected chi connectivity index (χ2v) is 7.91. The maximum atomic E-state index is 13.8. The standard InChI is InChI=1S/C20H27FN2O/c1-20(17-13-16(21)5-6-19(17)24-2)7-9-23(10-8-20)22-18-12-14-3-4-15(18)11-14/h3-6,13-15,18,22H,7-12H2,1-2H3/t14-,15-,18-/m0/s1. The highest BCUT2D eigenvalue weighted by atomic mass is 19.1. The van der Waals surface area contributed by atoms with Gasteiger partial charge in [0.1, 0.15) is 11.6 Å². The fraction of sp³-hybridized carbons (Fsp3) is 0.600. The summed E-state index contributed by atoms with van der Waals surface area (Å²) in [6.45, 7) is 4.23. The van der Waals surface area contributed by atoms with Crippen molar-refractivity contribution in [3.05, 3.63) is 41.7 Å². The van der Waals surface area contributed by atoms with Gasteiger partial charge in [-0.2, -0.15) is 0 Å². The van der Waals surface area contributed by atoms with Crippen LogP contribution in [0.3, 0.4) is 0 Å². The van der Waals surface area contributed by atoms with Crippen LogP contribution in [0.25, 0.3) is 0 Å². The molecule has 1 aromatic rings. The SMILES string of the molecule is COc1ccc(F)cc1C1(C)CCN(N[C@H]2C[C@H]3C=C[C@H]2C3)CC1. The van der Waals surface area contributed by atoms with Crippen molar-refractivity contribution in [2.75, 3.05) is 20.2 Å². The van der Waals surface area contributed by atoms with E-state index in [1.807, 2.05) is 0 Å². The first-order chi connectivity index (χ1) is 11.6. The Kier molecular flexibility index (Phi) is 4.13. The smallest absolute Gasteiger partial charge is 0.123 e. The van der Waals surface area contributed by atoms with Gasteiger partial charge in [0.25, 0.3) is 0 Å². The van der Waals surface area contributed by atoms with Gasteiger partial charge in [-0.1, -0.05) is 19.1 Å². The molecule has 1 aliphatic heterocycles. The topological polar surface area (TPSA) is 24.5 Å². The van der Waals surface area contributed by atoms with Crippen molar-refractivity contribution in [3.63, 3.8) is 0 Å². The Bertz CT molecular complexity index is 637. The molecule has 0 amide bonds. The van der Waals surface area contributed by atoms with Crippen LogP contribution in [-0.2, 0) is 5.41 Å². The Morgan fingerprint density at radius 2 is 2.00 bits per heavy atom. The lowest BCUT2D eigenvalue weighted by Gasteiger charge is -2.42. The summed E-state index contributed by atoms with van der Waals surface area (Å²) in [6, 6.07) is 5.49. The van der Waals surface area contributed by atoms with Gasteiger partial charge in [-0.25, -0.2) is 9.40 Å². The van der Waals surface area contributed by atoms with Crippen molar-refractivity contribution < 1.29 is 9.13 Å². The van der Waals surface area contributed by atoms with E-state index in [0.717, 1.165) is 43.2 Å². The molecule has 2 fully saturated rings. The molecule has 4 rings (SSSR count). The third-order valence-corrected chi connectivity index (χ3v) is 6.31. The van der Waals surface area contributed by atoms with E-state index in [0.29, 0.717) is 12.0 Å². The van der Waals surface area contributed by atoms with E-state index >= 15 is 0 Å². The zero-order valence-electron chi connectivity index (χ0n) is 14.6. The highest BCUT2D eigenvalue weighted by Gasteiger charge is 2.39. The molecular weight excluding hydrogens is 303 g/mol. The zero-order chi connectivity index (χ0) is 16.7. The van der Waals surface area contributed by atoms with E-state index in [2.05, 4.69) is 29.5 Å². The van der Waals surface area contributed by atoms with Crippen molar-refractivity contribution in [3.8, 4) is 5.75 Å². The number of piperidine rings is 1. The number of hydrazine groups is 1. The Morgan fingerprint density at radius 1 is 1.21 bits per heavy atom. The highest BCUT2D eigenvalue weighted by Crippen LogP contribution is 2.42. The van der Waals surface area contributed by atoms with Crippen LogP contribution in [0.2, 0.25) is 0 Å². The van der Waals surface area contributed by atoms with Gasteiger partial charge in [0.15, 0.2) is 0 Å². The van der Waals surface area contributed by atoms with E-state index < -0.39 is 0 Å². The van der Waals surface area contributed by atoms with Gasteiger partial charge < -0.3 is 4.74 Å². The molecule has 0 spiro atoms. The van der Waals surface area contributed by atoms with Crippen molar-refractivity contribution in [2.45, 2.75) is 44.1 Å². The summed E-state index contributed by atoms with van der Waals surface area (Å²) in [5.41, 5.74) is 4.73. The number of methoxy groups -OCH3 is 1. The maximum Gasteiger partial charge on any atom is 0.123 e. The largest absolute Gasteiger partial charge is 0.496 e. The molecule has 3 atom stereocenters. The molecule has 24 heavy (non-hydrogen) atoms. The first-order valence-corrected chi connectivity index (χ1v) is 9.11. The lowest BCUT2D eigenvalue weighted by atomic mass is 9.74. The monoisotopic (exact) mass is 330 g/mol. The third kappa shape index (κ3) is 2.86. The number of allylic oxidation sites excluding steroid dienone is 1. The Morgan fingerprint density at radius 3 is 2.62 bits per heavy atom. The lowest BCUT2D eigenvalue weighted by Crippen LogP contribution is -2.52. The summed E-state index contributed by atoms with van der Waals surface area (Å²) in [4.78, 5) is 0. The van der Waals surface area contributed by atoms with Gasteiger partial charge in [-0.05, 0) is 61.1 Å². The first-order valence-electron chi connectivity index (χ1n) is 9.11. The number of ether oxygens (including phenoxy) is 1. The minimum Gasteiger partial charge on any atom is -0.496 e. The van der Waals surface area contributed by atoms with Gasteiger partial charge in [0, 0.05) is 24.7 Å². The van der Waals surface area contributed by atoms with Crippen LogP contribution in [0.4, 0.5) is 4.39 Å². The van der Waals surface area contributed by atoms with Crippen LogP contribution in [-0.4, -0.2) is 31.3 Å². The quantitative estimate of drug-likeness (QED) is 0.853. The van der Waals surface area contributed by atoms with Crippen LogP contribution < -0.4 is 10.2 Å². The van der Waals surface area contributed by atoms with Crippen LogP contribution in [0.1, 0.15) is 38.2 Å². The molecule has 1 saturated heterocycles. The van der Waals surface area contributed by atoms with Crippen molar-refractivity contribution >= 4 is 0 Å². The fourth-order valence-corrected chi connectivity index (χ4v) is 4.71. The maximum absolute atomic E-state index is 13.8. The number of nitrogens with one attached hydrogen (secondary N) is 1. The van der Waals surface area contributed by atoms with Gasteiger partial charge in [0.05, 0.1) is 7.11 Å². The Balaban J connectivity index is 1.42. The van der Waals surface area contributed by atoms with Crippen LogP contribution >= 0.6 is 0 Å². The van der Waals surface area contributed by atoms with Gasteiger partial charge in [0.2, 0.25) is 0 Å². The number of hydrogen-bond donors (Lipinski definition) is 1. The molecule has 1 N–H and O–H groups in total. The van der Waals surface area contributed by atoms with E-state index in [9.17, 15) is 4.39 Å². The van der Waals surface area contributed by atoms with Crippen molar-refractivity contribution in [1.82, 2.24) is 10.4 Å².